The fourth-order valence-electron chi connectivity index (χ4n) is 5.59. The van der Waals surface area contributed by atoms with E-state index < -0.39 is 28.6 Å². The number of ether oxygens (including phenoxy) is 1. The van der Waals surface area contributed by atoms with Crippen molar-refractivity contribution in [2.75, 3.05) is 39.0 Å². The predicted molar refractivity (Wildman–Crippen MR) is 91.7 cm³/mol. The lowest BCUT2D eigenvalue weighted by Crippen LogP contribution is -2.51. The number of carbonyl (C=O) groups excluding carboxylic acids is 1. The molecule has 4 rings (SSSR count). The van der Waals surface area contributed by atoms with Crippen molar-refractivity contribution in [3.63, 3.8) is 0 Å². The average Bonchev–Trinajstić information content (AvgIpc) is 2.99. The second kappa shape index (κ2) is 6.45. The van der Waals surface area contributed by atoms with Crippen LogP contribution in [0.4, 0.5) is 0 Å². The van der Waals surface area contributed by atoms with E-state index in [9.17, 15) is 18.0 Å². The second-order valence-corrected chi connectivity index (χ2v) is 10.2. The first kappa shape index (κ1) is 18.2. The molecule has 4 aliphatic rings. The molecule has 5 atom stereocenters. The molecule has 1 saturated heterocycles. The van der Waals surface area contributed by atoms with Crippen LogP contribution in [0.3, 0.4) is 0 Å². The number of hydrogen-bond acceptors (Lipinski definition) is 5. The number of amides is 1. The van der Waals surface area contributed by atoms with E-state index in [4.69, 9.17) is 9.84 Å². The molecule has 3 aliphatic carbocycles. The lowest BCUT2D eigenvalue weighted by molar-refractivity contribution is -0.143. The summed E-state index contributed by atoms with van der Waals surface area (Å²) in [5.74, 6) is 1.74. The van der Waals surface area contributed by atoms with Gasteiger partial charge in [0.15, 0.2) is 0 Å². The average molecular weight is 386 g/mol. The Kier molecular flexibility index (Phi) is 4.51. The quantitative estimate of drug-likeness (QED) is 0.681. The monoisotopic (exact) mass is 386 g/mol. The maximum atomic E-state index is 12.9. The largest absolute Gasteiger partial charge is 0.480 e. The van der Waals surface area contributed by atoms with Crippen LogP contribution in [-0.2, 0) is 24.3 Å². The molecule has 2 bridgehead atoms. The highest BCUT2D eigenvalue weighted by Gasteiger charge is 2.68. The molecule has 0 radical (unpaired) electrons. The van der Waals surface area contributed by atoms with Gasteiger partial charge in [0.1, 0.15) is 6.54 Å². The fourth-order valence-corrected chi connectivity index (χ4v) is 6.37. The minimum Gasteiger partial charge on any atom is -0.480 e. The van der Waals surface area contributed by atoms with E-state index >= 15 is 0 Å². The lowest BCUT2D eigenvalue weighted by atomic mass is 10.0. The third-order valence-electron chi connectivity index (χ3n) is 6.66. The van der Waals surface area contributed by atoms with E-state index in [1.165, 1.54) is 19.3 Å². The molecular weight excluding hydrogens is 360 g/mol. The van der Waals surface area contributed by atoms with E-state index in [1.807, 2.05) is 0 Å². The van der Waals surface area contributed by atoms with E-state index in [1.54, 1.807) is 4.90 Å². The van der Waals surface area contributed by atoms with Gasteiger partial charge in [-0.1, -0.05) is 0 Å². The van der Waals surface area contributed by atoms with Gasteiger partial charge in [0.25, 0.3) is 0 Å². The van der Waals surface area contributed by atoms with Crippen molar-refractivity contribution in [1.82, 2.24) is 9.21 Å². The number of carboxylic acids is 1. The summed E-state index contributed by atoms with van der Waals surface area (Å²) >= 11 is 0. The normalized spacial score (nSPS) is 38.5. The number of sulfonamides is 1. The summed E-state index contributed by atoms with van der Waals surface area (Å²) < 4.78 is 30.1. The van der Waals surface area contributed by atoms with Crippen LogP contribution in [0.5, 0.6) is 0 Å². The molecule has 9 heteroatoms. The zero-order valence-corrected chi connectivity index (χ0v) is 15.7. The summed E-state index contributed by atoms with van der Waals surface area (Å²) in [7, 11) is -3.65. The Balaban J connectivity index is 1.37. The van der Waals surface area contributed by atoms with E-state index in [-0.39, 0.29) is 18.4 Å². The molecule has 0 aromatic carbocycles. The number of carbonyl (C=O) groups is 2. The Morgan fingerprint density at radius 2 is 1.88 bits per heavy atom. The molecule has 3 saturated carbocycles. The van der Waals surface area contributed by atoms with Crippen LogP contribution in [0, 0.1) is 29.6 Å². The van der Waals surface area contributed by atoms with Crippen molar-refractivity contribution in [3.8, 4) is 0 Å². The third-order valence-corrected chi connectivity index (χ3v) is 7.88. The maximum absolute atomic E-state index is 12.9. The van der Waals surface area contributed by atoms with E-state index in [0.29, 0.717) is 31.5 Å². The molecule has 8 nitrogen and oxygen atoms in total. The summed E-state index contributed by atoms with van der Waals surface area (Å²) in [5.41, 5.74) is 0. The van der Waals surface area contributed by atoms with E-state index in [0.717, 1.165) is 22.4 Å². The van der Waals surface area contributed by atoms with Crippen molar-refractivity contribution in [2.45, 2.75) is 25.4 Å². The van der Waals surface area contributed by atoms with Crippen LogP contribution >= 0.6 is 0 Å². The third kappa shape index (κ3) is 3.25. The van der Waals surface area contributed by atoms with Crippen molar-refractivity contribution in [1.29, 1.82) is 0 Å². The molecule has 1 N–H and O–H groups in total. The van der Waals surface area contributed by atoms with Crippen LogP contribution in [-0.4, -0.2) is 79.8 Å². The van der Waals surface area contributed by atoms with Crippen molar-refractivity contribution in [3.05, 3.63) is 0 Å². The van der Waals surface area contributed by atoms with Crippen LogP contribution in [0.1, 0.15) is 19.3 Å². The summed E-state index contributed by atoms with van der Waals surface area (Å²) in [5, 5.41) is 8.93. The molecule has 4 fully saturated rings. The Hall–Kier alpha value is -1.19. The topological polar surface area (TPSA) is 104 Å². The standard InChI is InChI=1S/C17H26N2O6S/c1-26(23,24)19(9-13(20)21)8-12-7-18(4-5-25-12)17(22)16-14-10-2-3-11(6-10)15(14)16/h10-12,14-16H,2-9H2,1H3,(H,20,21). The van der Waals surface area contributed by atoms with Gasteiger partial charge in [0, 0.05) is 25.6 Å². The highest BCUT2D eigenvalue weighted by atomic mass is 32.2. The first-order valence-corrected chi connectivity index (χ1v) is 11.2. The van der Waals surface area contributed by atoms with E-state index in [2.05, 4.69) is 0 Å². The Bertz CT molecular complexity index is 694. The first-order valence-electron chi connectivity index (χ1n) is 9.33. The summed E-state index contributed by atoms with van der Waals surface area (Å²) in [4.78, 5) is 25.7. The van der Waals surface area contributed by atoms with Crippen LogP contribution in [0.2, 0.25) is 0 Å². The molecule has 0 spiro atoms. The van der Waals surface area contributed by atoms with Gasteiger partial charge in [-0.05, 0) is 42.9 Å². The highest BCUT2D eigenvalue weighted by Crippen LogP contribution is 2.69. The van der Waals surface area contributed by atoms with Gasteiger partial charge in [-0.15, -0.1) is 0 Å². The highest BCUT2D eigenvalue weighted by molar-refractivity contribution is 7.88. The van der Waals surface area contributed by atoms with Gasteiger partial charge < -0.3 is 14.7 Å². The molecule has 1 heterocycles. The van der Waals surface area contributed by atoms with Crippen molar-refractivity contribution in [2.24, 2.45) is 29.6 Å². The Morgan fingerprint density at radius 1 is 1.23 bits per heavy atom. The number of morpholine rings is 1. The van der Waals surface area contributed by atoms with Crippen molar-refractivity contribution >= 4 is 21.9 Å². The summed E-state index contributed by atoms with van der Waals surface area (Å²) in [6, 6.07) is 0. The predicted octanol–water partition coefficient (Wildman–Crippen LogP) is -0.148. The lowest BCUT2D eigenvalue weighted by Gasteiger charge is -2.35. The number of fused-ring (bicyclic) bond motifs is 5. The number of carboxylic acid groups (broad SMARTS) is 1. The molecule has 0 aromatic rings. The summed E-state index contributed by atoms with van der Waals surface area (Å²) in [6.07, 6.45) is 4.32. The molecule has 26 heavy (non-hydrogen) atoms. The van der Waals surface area contributed by atoms with Crippen LogP contribution in [0.25, 0.3) is 0 Å². The second-order valence-electron chi connectivity index (χ2n) is 8.24. The number of nitrogens with zero attached hydrogens (tertiary/aromatic N) is 2. The fraction of sp³-hybridized carbons (Fsp3) is 0.882. The number of rotatable bonds is 6. The minimum atomic E-state index is -3.65. The SMILES string of the molecule is CS(=O)(=O)N(CC(=O)O)CC1CN(C(=O)C2C3C4CCC(C4)C23)CCO1. The van der Waals surface area contributed by atoms with Gasteiger partial charge in [0.2, 0.25) is 15.9 Å². The molecule has 146 valence electrons. The summed E-state index contributed by atoms with van der Waals surface area (Å²) in [6.45, 7) is 0.574. The molecule has 1 amide bonds. The molecule has 5 unspecified atom stereocenters. The number of aliphatic carboxylic acids is 1. The maximum Gasteiger partial charge on any atom is 0.318 e. The molecular formula is C17H26N2O6S. The molecule has 0 aromatic heterocycles. The van der Waals surface area contributed by atoms with Gasteiger partial charge in [-0.3, -0.25) is 9.59 Å². The Morgan fingerprint density at radius 3 is 2.46 bits per heavy atom. The zero-order chi connectivity index (χ0) is 18.6. The zero-order valence-electron chi connectivity index (χ0n) is 14.9. The smallest absolute Gasteiger partial charge is 0.318 e. The van der Waals surface area contributed by atoms with Crippen LogP contribution < -0.4 is 0 Å². The van der Waals surface area contributed by atoms with Crippen molar-refractivity contribution < 1.29 is 27.9 Å². The first-order chi connectivity index (χ1) is 12.3. The van der Waals surface area contributed by atoms with Gasteiger partial charge in [-0.2, -0.15) is 4.31 Å². The van der Waals surface area contributed by atoms with Gasteiger partial charge in [-0.25, -0.2) is 8.42 Å². The van der Waals surface area contributed by atoms with Gasteiger partial charge in [0.05, 0.1) is 19.0 Å². The Labute approximate surface area is 153 Å². The molecule has 1 aliphatic heterocycles. The van der Waals surface area contributed by atoms with Crippen LogP contribution in [0.15, 0.2) is 0 Å². The number of hydrogen-bond donors (Lipinski definition) is 1. The minimum absolute atomic E-state index is 0.0440. The van der Waals surface area contributed by atoms with Gasteiger partial charge >= 0.3 is 5.97 Å².